The topological polar surface area (TPSA) is 108 Å². The minimum absolute atomic E-state index is 0.144. The second-order valence-corrected chi connectivity index (χ2v) is 7.54. The lowest BCUT2D eigenvalue weighted by Gasteiger charge is -2.19. The Labute approximate surface area is 190 Å². The number of carbonyl (C=O) groups excluding carboxylic acids is 4. The van der Waals surface area contributed by atoms with Crippen LogP contribution in [0.3, 0.4) is 0 Å². The highest BCUT2D eigenvalue weighted by Gasteiger charge is 2.41. The van der Waals surface area contributed by atoms with Crippen molar-refractivity contribution in [1.29, 1.82) is 0 Å². The molecule has 1 aromatic rings. The van der Waals surface area contributed by atoms with Crippen LogP contribution in [0.15, 0.2) is 29.7 Å². The van der Waals surface area contributed by atoms with Gasteiger partial charge >= 0.3 is 11.9 Å². The van der Waals surface area contributed by atoms with E-state index in [1.54, 1.807) is 25.1 Å². The molecule has 1 fully saturated rings. The summed E-state index contributed by atoms with van der Waals surface area (Å²) in [5.41, 5.74) is 1.23. The molecule has 2 rings (SSSR count). The molecular formula is C22H25NO8S. The lowest BCUT2D eigenvalue weighted by Crippen LogP contribution is -2.42. The van der Waals surface area contributed by atoms with Crippen LogP contribution in [0.5, 0.6) is 11.5 Å². The van der Waals surface area contributed by atoms with E-state index in [4.69, 9.17) is 14.2 Å². The summed E-state index contributed by atoms with van der Waals surface area (Å²) in [7, 11) is 2.70. The number of benzene rings is 1. The van der Waals surface area contributed by atoms with Crippen molar-refractivity contribution in [1.82, 2.24) is 4.90 Å². The molecule has 0 unspecified atom stereocenters. The van der Waals surface area contributed by atoms with Crippen LogP contribution in [0.4, 0.5) is 4.79 Å². The number of carbonyl (C=O) groups is 4. The fraction of sp³-hybridized carbons (Fsp3) is 0.364. The van der Waals surface area contributed by atoms with E-state index in [1.807, 2.05) is 0 Å². The van der Waals surface area contributed by atoms with E-state index in [0.29, 0.717) is 29.0 Å². The first-order chi connectivity index (χ1) is 15.3. The molecule has 1 aliphatic heterocycles. The van der Waals surface area contributed by atoms with Crippen molar-refractivity contribution in [2.75, 3.05) is 27.4 Å². The highest BCUT2D eigenvalue weighted by molar-refractivity contribution is 8.18. The normalized spacial score (nSPS) is 15.5. The van der Waals surface area contributed by atoms with Crippen molar-refractivity contribution in [3.63, 3.8) is 0 Å². The number of thioether (sulfide) groups is 1. The minimum Gasteiger partial charge on any atom is -0.493 e. The van der Waals surface area contributed by atoms with Gasteiger partial charge in [-0.1, -0.05) is 6.08 Å². The molecule has 32 heavy (non-hydrogen) atoms. The maximum Gasteiger partial charge on any atom is 0.343 e. The maximum atomic E-state index is 12.8. The van der Waals surface area contributed by atoms with Gasteiger partial charge < -0.3 is 18.9 Å². The first-order valence-corrected chi connectivity index (χ1v) is 10.5. The summed E-state index contributed by atoms with van der Waals surface area (Å²) >= 11 is 0.732. The lowest BCUT2D eigenvalue weighted by molar-refractivity contribution is -0.150. The molecule has 172 valence electrons. The van der Waals surface area contributed by atoms with Crippen molar-refractivity contribution in [2.45, 2.75) is 26.3 Å². The van der Waals surface area contributed by atoms with Crippen LogP contribution < -0.4 is 9.47 Å². The van der Waals surface area contributed by atoms with Gasteiger partial charge in [-0.25, -0.2) is 9.59 Å². The summed E-state index contributed by atoms with van der Waals surface area (Å²) in [6.45, 7) is 6.65. The van der Waals surface area contributed by atoms with E-state index in [0.717, 1.165) is 16.7 Å². The molecule has 0 saturated carbocycles. The molecule has 0 aromatic heterocycles. The number of esters is 2. The average Bonchev–Trinajstić information content (AvgIpc) is 3.04. The van der Waals surface area contributed by atoms with Gasteiger partial charge in [0.25, 0.3) is 11.1 Å². The number of imide groups is 1. The van der Waals surface area contributed by atoms with Crippen LogP contribution in [0.25, 0.3) is 6.08 Å². The summed E-state index contributed by atoms with van der Waals surface area (Å²) in [6.07, 6.45) is 3.58. The summed E-state index contributed by atoms with van der Waals surface area (Å²) in [5, 5.41) is -0.557. The van der Waals surface area contributed by atoms with E-state index in [9.17, 15) is 19.2 Å². The lowest BCUT2D eigenvalue weighted by atomic mass is 10.0. The van der Waals surface area contributed by atoms with Crippen LogP contribution in [0.2, 0.25) is 0 Å². The molecule has 0 spiro atoms. The van der Waals surface area contributed by atoms with E-state index in [-0.39, 0.29) is 18.1 Å². The molecule has 10 heteroatoms. The first-order valence-electron chi connectivity index (χ1n) is 9.72. The summed E-state index contributed by atoms with van der Waals surface area (Å²) < 4.78 is 20.5. The van der Waals surface area contributed by atoms with Gasteiger partial charge in [0.1, 0.15) is 6.04 Å². The van der Waals surface area contributed by atoms with Gasteiger partial charge in [0.2, 0.25) is 0 Å². The highest BCUT2D eigenvalue weighted by atomic mass is 32.2. The Kier molecular flexibility index (Phi) is 8.89. The summed E-state index contributed by atoms with van der Waals surface area (Å²) in [5.74, 6) is -1.11. The molecule has 0 radical (unpaired) electrons. The molecule has 0 aliphatic carbocycles. The third kappa shape index (κ3) is 5.70. The largest absolute Gasteiger partial charge is 0.493 e. The Hall–Kier alpha value is -3.27. The van der Waals surface area contributed by atoms with Crippen LogP contribution >= 0.6 is 11.8 Å². The van der Waals surface area contributed by atoms with Gasteiger partial charge in [0.05, 0.1) is 25.7 Å². The van der Waals surface area contributed by atoms with E-state index < -0.39 is 29.1 Å². The average molecular weight is 464 g/mol. The number of nitrogens with zero attached hydrogens (tertiary/aromatic N) is 1. The minimum atomic E-state index is -1.03. The maximum absolute atomic E-state index is 12.8. The third-order valence-corrected chi connectivity index (χ3v) is 5.32. The highest BCUT2D eigenvalue weighted by Crippen LogP contribution is 2.37. The van der Waals surface area contributed by atoms with Gasteiger partial charge in [-0.05, 0) is 55.8 Å². The van der Waals surface area contributed by atoms with Gasteiger partial charge in [0, 0.05) is 5.56 Å². The van der Waals surface area contributed by atoms with Gasteiger partial charge in [-0.15, -0.1) is 6.58 Å². The van der Waals surface area contributed by atoms with Crippen LogP contribution in [0.1, 0.15) is 25.0 Å². The van der Waals surface area contributed by atoms with Crippen molar-refractivity contribution >= 4 is 40.9 Å². The Balaban J connectivity index is 2.38. The molecule has 9 nitrogen and oxygen atoms in total. The predicted molar refractivity (Wildman–Crippen MR) is 118 cm³/mol. The Morgan fingerprint density at radius 1 is 1.25 bits per heavy atom. The SMILES string of the molecule is C=CCc1cc(/C=C2/SC(=O)N([C@@H](C)C(=O)OCC)C2=O)cc(OC)c1OCC(=O)OC. The molecule has 1 heterocycles. The van der Waals surface area contributed by atoms with Gasteiger partial charge in [-0.3, -0.25) is 14.5 Å². The fourth-order valence-electron chi connectivity index (χ4n) is 2.91. The third-order valence-electron chi connectivity index (χ3n) is 4.44. The summed E-state index contributed by atoms with van der Waals surface area (Å²) in [4.78, 5) is 49.7. The molecule has 1 saturated heterocycles. The van der Waals surface area contributed by atoms with Crippen LogP contribution in [-0.2, 0) is 30.3 Å². The molecular weight excluding hydrogens is 438 g/mol. The van der Waals surface area contributed by atoms with E-state index >= 15 is 0 Å². The zero-order chi connectivity index (χ0) is 23.8. The van der Waals surface area contributed by atoms with Crippen LogP contribution in [0, 0.1) is 0 Å². The second kappa shape index (κ2) is 11.4. The quantitative estimate of drug-likeness (QED) is 0.294. The number of hydrogen-bond acceptors (Lipinski definition) is 9. The van der Waals surface area contributed by atoms with Crippen molar-refractivity contribution in [3.05, 3.63) is 40.8 Å². The Morgan fingerprint density at radius 2 is 1.97 bits per heavy atom. The molecule has 0 N–H and O–H groups in total. The number of methoxy groups -OCH3 is 2. The van der Waals surface area contributed by atoms with E-state index in [1.165, 1.54) is 27.2 Å². The smallest absolute Gasteiger partial charge is 0.343 e. The molecule has 0 bridgehead atoms. The second-order valence-electron chi connectivity index (χ2n) is 6.55. The number of ether oxygens (including phenoxy) is 4. The van der Waals surface area contributed by atoms with Gasteiger partial charge in [0.15, 0.2) is 18.1 Å². The van der Waals surface area contributed by atoms with E-state index in [2.05, 4.69) is 11.3 Å². The zero-order valence-corrected chi connectivity index (χ0v) is 19.2. The fourth-order valence-corrected chi connectivity index (χ4v) is 3.82. The van der Waals surface area contributed by atoms with Crippen LogP contribution in [-0.4, -0.2) is 61.5 Å². The van der Waals surface area contributed by atoms with Crippen molar-refractivity contribution in [2.24, 2.45) is 0 Å². The van der Waals surface area contributed by atoms with Crippen molar-refractivity contribution in [3.8, 4) is 11.5 Å². The van der Waals surface area contributed by atoms with Crippen molar-refractivity contribution < 1.29 is 38.1 Å². The summed E-state index contributed by atoms with van der Waals surface area (Å²) in [6, 6.07) is 2.31. The molecule has 1 aromatic carbocycles. The Bertz CT molecular complexity index is 955. The monoisotopic (exact) mass is 463 g/mol. The predicted octanol–water partition coefficient (Wildman–Crippen LogP) is 2.96. The number of rotatable bonds is 10. The zero-order valence-electron chi connectivity index (χ0n) is 18.3. The number of hydrogen-bond donors (Lipinski definition) is 0. The number of allylic oxidation sites excluding steroid dienone is 1. The molecule has 2 amide bonds. The molecule has 1 atom stereocenters. The number of amides is 2. The van der Waals surface area contributed by atoms with Gasteiger partial charge in [-0.2, -0.15) is 0 Å². The first kappa shape index (κ1) is 25.0. The Morgan fingerprint density at radius 3 is 2.56 bits per heavy atom. The molecule has 1 aliphatic rings. The standard InChI is InChI=1S/C22H25NO8S/c1-6-8-15-9-14(10-16(28-4)19(15)31-12-18(24)29-5)11-17-20(25)23(22(27)32-17)13(3)21(26)30-7-2/h6,9-11,13H,1,7-8,12H2,2-5H3/b17-11+/t13-/m0/s1.